The zero-order chi connectivity index (χ0) is 15.2. The van der Waals surface area contributed by atoms with E-state index in [9.17, 15) is 0 Å². The lowest BCUT2D eigenvalue weighted by Gasteiger charge is -2.13. The van der Waals surface area contributed by atoms with Crippen LogP contribution in [0.2, 0.25) is 0 Å². The Morgan fingerprint density at radius 3 is 2.00 bits per heavy atom. The number of benzene rings is 2. The third-order valence-electron chi connectivity index (χ3n) is 3.91. The van der Waals surface area contributed by atoms with E-state index in [1.165, 1.54) is 22.3 Å². The van der Waals surface area contributed by atoms with E-state index in [2.05, 4.69) is 97.0 Å². The first kappa shape index (κ1) is 14.4. The van der Waals surface area contributed by atoms with Crippen LogP contribution in [0.25, 0.3) is 5.57 Å². The van der Waals surface area contributed by atoms with Crippen molar-refractivity contribution < 1.29 is 0 Å². The molecule has 1 aliphatic heterocycles. The van der Waals surface area contributed by atoms with Gasteiger partial charge >= 0.3 is 0 Å². The fourth-order valence-electron chi connectivity index (χ4n) is 2.76. The predicted molar refractivity (Wildman–Crippen MR) is 94.2 cm³/mol. The van der Waals surface area contributed by atoms with Crippen molar-refractivity contribution in [3.05, 3.63) is 102 Å². The third kappa shape index (κ3) is 3.20. The first-order valence-electron chi connectivity index (χ1n) is 7.83. The summed E-state index contributed by atoms with van der Waals surface area (Å²) in [6.45, 7) is 3.16. The van der Waals surface area contributed by atoms with Gasteiger partial charge in [0.25, 0.3) is 0 Å². The van der Waals surface area contributed by atoms with Crippen molar-refractivity contribution in [2.24, 2.45) is 0 Å². The van der Waals surface area contributed by atoms with Gasteiger partial charge in [-0.3, -0.25) is 0 Å². The Morgan fingerprint density at radius 2 is 1.45 bits per heavy atom. The van der Waals surface area contributed by atoms with Crippen LogP contribution < -0.4 is 0 Å². The molecule has 0 fully saturated rings. The number of allylic oxidation sites excluding steroid dienone is 3. The van der Waals surface area contributed by atoms with Gasteiger partial charge in [-0.2, -0.15) is 0 Å². The van der Waals surface area contributed by atoms with Gasteiger partial charge in [-0.15, -0.1) is 0 Å². The van der Waals surface area contributed by atoms with Crippen LogP contribution >= 0.6 is 0 Å². The second kappa shape index (κ2) is 6.95. The largest absolute Gasteiger partial charge is 0.355 e. The highest BCUT2D eigenvalue weighted by Crippen LogP contribution is 2.30. The first-order valence-corrected chi connectivity index (χ1v) is 7.83. The first-order chi connectivity index (χ1) is 10.9. The molecule has 0 saturated heterocycles. The molecule has 0 amide bonds. The molecule has 0 aliphatic carbocycles. The molecule has 0 atom stereocenters. The molecular weight excluding hydrogens is 266 g/mol. The minimum atomic E-state index is 0.951. The van der Waals surface area contributed by atoms with Gasteiger partial charge in [0.05, 0.1) is 0 Å². The lowest BCUT2D eigenvalue weighted by atomic mass is 9.91. The predicted octanol–water partition coefficient (Wildman–Crippen LogP) is 5.24. The average Bonchev–Trinajstić information content (AvgIpc) is 2.83. The molecule has 0 saturated carbocycles. The maximum Gasteiger partial charge on any atom is 0.0191 e. The highest BCUT2D eigenvalue weighted by molar-refractivity contribution is 5.83. The lowest BCUT2D eigenvalue weighted by molar-refractivity contribution is 0.537. The van der Waals surface area contributed by atoms with Gasteiger partial charge in [0, 0.05) is 12.7 Å². The Bertz CT molecular complexity index is 652. The van der Waals surface area contributed by atoms with Crippen molar-refractivity contribution in [1.29, 1.82) is 0 Å². The van der Waals surface area contributed by atoms with Crippen LogP contribution in [0.4, 0.5) is 0 Å². The molecule has 0 spiro atoms. The Balaban J connectivity index is 2.14. The van der Waals surface area contributed by atoms with E-state index in [0.29, 0.717) is 0 Å². The molecule has 3 rings (SSSR count). The topological polar surface area (TPSA) is 3.24 Å². The molecular formula is C21H21N. The van der Waals surface area contributed by atoms with Crippen LogP contribution in [-0.2, 0) is 0 Å². The van der Waals surface area contributed by atoms with Gasteiger partial charge in [-0.05, 0) is 47.9 Å². The minimum Gasteiger partial charge on any atom is -0.355 e. The maximum absolute atomic E-state index is 2.25. The quantitative estimate of drug-likeness (QED) is 0.746. The van der Waals surface area contributed by atoms with Gasteiger partial charge in [0.15, 0.2) is 0 Å². The van der Waals surface area contributed by atoms with Crippen molar-refractivity contribution in [3.8, 4) is 0 Å². The highest BCUT2D eigenvalue weighted by Gasteiger charge is 2.10. The van der Waals surface area contributed by atoms with Crippen LogP contribution in [0.15, 0.2) is 90.8 Å². The second-order valence-corrected chi connectivity index (χ2v) is 5.37. The zero-order valence-electron chi connectivity index (χ0n) is 12.9. The van der Waals surface area contributed by atoms with Gasteiger partial charge in [-0.1, -0.05) is 66.7 Å². The van der Waals surface area contributed by atoms with Crippen molar-refractivity contribution in [1.82, 2.24) is 4.90 Å². The average molecular weight is 287 g/mol. The molecule has 0 aromatic heterocycles. The summed E-state index contributed by atoms with van der Waals surface area (Å²) >= 11 is 0. The van der Waals surface area contributed by atoms with Crippen LogP contribution in [0.1, 0.15) is 24.5 Å². The fraction of sp³-hybridized carbons (Fsp3) is 0.143. The van der Waals surface area contributed by atoms with Gasteiger partial charge in [0.2, 0.25) is 0 Å². The van der Waals surface area contributed by atoms with E-state index >= 15 is 0 Å². The minimum absolute atomic E-state index is 0.951. The Morgan fingerprint density at radius 1 is 0.864 bits per heavy atom. The van der Waals surface area contributed by atoms with E-state index in [1.807, 2.05) is 0 Å². The molecule has 0 radical (unpaired) electrons. The van der Waals surface area contributed by atoms with Gasteiger partial charge in [0.1, 0.15) is 0 Å². The molecule has 0 N–H and O–H groups in total. The van der Waals surface area contributed by atoms with E-state index < -0.39 is 0 Å². The number of hydrogen-bond acceptors (Lipinski definition) is 1. The smallest absolute Gasteiger partial charge is 0.0191 e. The molecule has 1 aliphatic rings. The van der Waals surface area contributed by atoms with E-state index in [0.717, 1.165) is 13.0 Å². The standard InChI is InChI=1S/C21H21N/c1-2-22-16-9-14-20(15-17-22)21(18-10-5-3-6-11-18)19-12-7-4-8-13-19/h3-13,15-17H,2,14H2,1H3. The molecule has 22 heavy (non-hydrogen) atoms. The highest BCUT2D eigenvalue weighted by atomic mass is 15.1. The molecule has 0 bridgehead atoms. The Labute approximate surface area is 132 Å². The fourth-order valence-corrected chi connectivity index (χ4v) is 2.76. The Kier molecular flexibility index (Phi) is 4.55. The summed E-state index contributed by atoms with van der Waals surface area (Å²) in [5, 5.41) is 0. The summed E-state index contributed by atoms with van der Waals surface area (Å²) in [7, 11) is 0. The second-order valence-electron chi connectivity index (χ2n) is 5.37. The van der Waals surface area contributed by atoms with E-state index in [-0.39, 0.29) is 0 Å². The Hall–Kier alpha value is -2.54. The number of hydrogen-bond donors (Lipinski definition) is 0. The summed E-state index contributed by atoms with van der Waals surface area (Å²) in [5.74, 6) is 0. The zero-order valence-corrected chi connectivity index (χ0v) is 12.9. The van der Waals surface area contributed by atoms with Gasteiger partial charge < -0.3 is 4.90 Å². The van der Waals surface area contributed by atoms with E-state index in [4.69, 9.17) is 0 Å². The van der Waals surface area contributed by atoms with Crippen LogP contribution in [0.5, 0.6) is 0 Å². The van der Waals surface area contributed by atoms with E-state index in [1.54, 1.807) is 0 Å². The summed E-state index contributed by atoms with van der Waals surface area (Å²) in [6, 6.07) is 21.3. The lowest BCUT2D eigenvalue weighted by Crippen LogP contribution is -2.06. The molecule has 2 aromatic carbocycles. The SMILES string of the molecule is CCN1C=CCC(=C(c2ccccc2)c2ccccc2)C=C1. The maximum atomic E-state index is 2.25. The number of nitrogens with zero attached hydrogens (tertiary/aromatic N) is 1. The third-order valence-corrected chi connectivity index (χ3v) is 3.91. The van der Waals surface area contributed by atoms with Crippen LogP contribution in [0.3, 0.4) is 0 Å². The number of rotatable bonds is 3. The van der Waals surface area contributed by atoms with Crippen molar-refractivity contribution in [2.45, 2.75) is 13.3 Å². The molecule has 0 unspecified atom stereocenters. The van der Waals surface area contributed by atoms with Crippen LogP contribution in [0, 0.1) is 0 Å². The normalized spacial score (nSPS) is 14.0. The molecule has 110 valence electrons. The monoisotopic (exact) mass is 287 g/mol. The summed E-state index contributed by atoms with van der Waals surface area (Å²) in [5.41, 5.74) is 5.21. The van der Waals surface area contributed by atoms with Crippen LogP contribution in [-0.4, -0.2) is 11.4 Å². The van der Waals surface area contributed by atoms with Crippen molar-refractivity contribution >= 4 is 5.57 Å². The summed E-state index contributed by atoms with van der Waals surface area (Å²) < 4.78 is 0. The van der Waals surface area contributed by atoms with Gasteiger partial charge in [-0.25, -0.2) is 0 Å². The summed E-state index contributed by atoms with van der Waals surface area (Å²) in [6.07, 6.45) is 9.78. The molecule has 1 heteroatoms. The molecule has 1 heterocycles. The molecule has 2 aromatic rings. The molecule has 1 nitrogen and oxygen atoms in total. The van der Waals surface area contributed by atoms with Crippen molar-refractivity contribution in [2.75, 3.05) is 6.54 Å². The van der Waals surface area contributed by atoms with Crippen molar-refractivity contribution in [3.63, 3.8) is 0 Å². The summed E-state index contributed by atoms with van der Waals surface area (Å²) in [4.78, 5) is 2.21.